The molecule has 0 N–H and O–H groups in total. The lowest BCUT2D eigenvalue weighted by Crippen LogP contribution is -2.28. The van der Waals surface area contributed by atoms with Gasteiger partial charge in [-0.3, -0.25) is 4.79 Å². The van der Waals surface area contributed by atoms with Crippen molar-refractivity contribution in [2.45, 2.75) is 46.0 Å². The van der Waals surface area contributed by atoms with Crippen molar-refractivity contribution in [3.63, 3.8) is 0 Å². The van der Waals surface area contributed by atoms with E-state index in [9.17, 15) is 4.79 Å². The fourth-order valence-corrected chi connectivity index (χ4v) is 2.11. The van der Waals surface area contributed by atoms with E-state index in [1.54, 1.807) is 0 Å². The van der Waals surface area contributed by atoms with Gasteiger partial charge in [0.1, 0.15) is 0 Å². The van der Waals surface area contributed by atoms with Gasteiger partial charge in [-0.05, 0) is 25.7 Å². The molecule has 1 saturated heterocycles. The predicted molar refractivity (Wildman–Crippen MR) is 65.3 cm³/mol. The van der Waals surface area contributed by atoms with Gasteiger partial charge >= 0.3 is 0 Å². The Hall–Kier alpha value is -0.570. The van der Waals surface area contributed by atoms with Crippen LogP contribution in [0.4, 0.5) is 0 Å². The van der Waals surface area contributed by atoms with Gasteiger partial charge in [-0.2, -0.15) is 0 Å². The lowest BCUT2D eigenvalue weighted by Gasteiger charge is -2.16. The molecule has 1 aliphatic rings. The fourth-order valence-electron chi connectivity index (χ4n) is 2.11. The summed E-state index contributed by atoms with van der Waals surface area (Å²) in [4.78, 5) is 13.8. The molecule has 94 valence electrons. The molecule has 1 rings (SSSR count). The van der Waals surface area contributed by atoms with E-state index in [1.165, 1.54) is 6.42 Å². The molecule has 0 bridgehead atoms. The second-order valence-corrected chi connectivity index (χ2v) is 4.54. The topological polar surface area (TPSA) is 29.5 Å². The number of likely N-dealkylation sites (tertiary alicyclic amines) is 1. The molecule has 0 spiro atoms. The summed E-state index contributed by atoms with van der Waals surface area (Å²) in [6, 6.07) is 0. The maximum absolute atomic E-state index is 11.8. The summed E-state index contributed by atoms with van der Waals surface area (Å²) >= 11 is 0. The van der Waals surface area contributed by atoms with Gasteiger partial charge in [0.2, 0.25) is 5.91 Å². The van der Waals surface area contributed by atoms with Gasteiger partial charge < -0.3 is 9.64 Å². The first-order valence-electron chi connectivity index (χ1n) is 6.66. The SMILES string of the molecule is CCCCOCCCN1CCC(CC)C1=O. The molecule has 1 amide bonds. The third-order valence-corrected chi connectivity index (χ3v) is 3.26. The predicted octanol–water partition coefficient (Wildman–Crippen LogP) is 2.45. The molecule has 0 aromatic rings. The van der Waals surface area contributed by atoms with Crippen LogP contribution in [-0.2, 0) is 9.53 Å². The molecular weight excluding hydrogens is 202 g/mol. The van der Waals surface area contributed by atoms with Crippen molar-refractivity contribution >= 4 is 5.91 Å². The van der Waals surface area contributed by atoms with Crippen LogP contribution in [0.2, 0.25) is 0 Å². The van der Waals surface area contributed by atoms with Gasteiger partial charge in [0.15, 0.2) is 0 Å². The second-order valence-electron chi connectivity index (χ2n) is 4.54. The summed E-state index contributed by atoms with van der Waals surface area (Å²) in [5.74, 6) is 0.650. The molecule has 0 saturated carbocycles. The van der Waals surface area contributed by atoms with Gasteiger partial charge in [0, 0.05) is 32.2 Å². The van der Waals surface area contributed by atoms with Crippen molar-refractivity contribution in [1.29, 1.82) is 0 Å². The minimum absolute atomic E-state index is 0.293. The summed E-state index contributed by atoms with van der Waals surface area (Å²) < 4.78 is 5.48. The van der Waals surface area contributed by atoms with E-state index in [0.717, 1.165) is 52.0 Å². The number of hydrogen-bond acceptors (Lipinski definition) is 2. The van der Waals surface area contributed by atoms with E-state index < -0.39 is 0 Å². The molecule has 0 aliphatic carbocycles. The first-order chi connectivity index (χ1) is 7.79. The Morgan fingerprint density at radius 2 is 2.06 bits per heavy atom. The van der Waals surface area contributed by atoms with Crippen molar-refractivity contribution in [2.75, 3.05) is 26.3 Å². The van der Waals surface area contributed by atoms with E-state index in [-0.39, 0.29) is 0 Å². The summed E-state index contributed by atoms with van der Waals surface area (Å²) in [7, 11) is 0. The lowest BCUT2D eigenvalue weighted by atomic mass is 10.1. The van der Waals surface area contributed by atoms with Crippen LogP contribution in [-0.4, -0.2) is 37.1 Å². The van der Waals surface area contributed by atoms with E-state index in [2.05, 4.69) is 13.8 Å². The average molecular weight is 227 g/mol. The van der Waals surface area contributed by atoms with Gasteiger partial charge in [-0.15, -0.1) is 0 Å². The molecule has 3 nitrogen and oxygen atoms in total. The molecule has 16 heavy (non-hydrogen) atoms. The van der Waals surface area contributed by atoms with Crippen LogP contribution < -0.4 is 0 Å². The Morgan fingerprint density at radius 1 is 1.31 bits per heavy atom. The quantitative estimate of drug-likeness (QED) is 0.596. The molecule has 1 aliphatic heterocycles. The fraction of sp³-hybridized carbons (Fsp3) is 0.923. The van der Waals surface area contributed by atoms with Crippen LogP contribution >= 0.6 is 0 Å². The molecule has 0 aromatic carbocycles. The standard InChI is InChI=1S/C13H25NO2/c1-3-5-10-16-11-6-8-14-9-7-12(4-2)13(14)15/h12H,3-11H2,1-2H3. The van der Waals surface area contributed by atoms with Crippen molar-refractivity contribution in [2.24, 2.45) is 5.92 Å². The third-order valence-electron chi connectivity index (χ3n) is 3.26. The molecule has 1 fully saturated rings. The van der Waals surface area contributed by atoms with Gasteiger partial charge in [-0.1, -0.05) is 20.3 Å². The maximum atomic E-state index is 11.8. The highest BCUT2D eigenvalue weighted by Crippen LogP contribution is 2.20. The van der Waals surface area contributed by atoms with Crippen LogP contribution in [0.25, 0.3) is 0 Å². The zero-order chi connectivity index (χ0) is 11.8. The Balaban J connectivity index is 2.03. The number of ether oxygens (including phenoxy) is 1. The zero-order valence-corrected chi connectivity index (χ0v) is 10.7. The number of hydrogen-bond donors (Lipinski definition) is 0. The number of carbonyl (C=O) groups is 1. The smallest absolute Gasteiger partial charge is 0.225 e. The third kappa shape index (κ3) is 4.12. The van der Waals surface area contributed by atoms with E-state index >= 15 is 0 Å². The zero-order valence-electron chi connectivity index (χ0n) is 10.7. The second kappa shape index (κ2) is 7.66. The minimum Gasteiger partial charge on any atom is -0.381 e. The van der Waals surface area contributed by atoms with Crippen molar-refractivity contribution in [1.82, 2.24) is 4.90 Å². The van der Waals surface area contributed by atoms with E-state index in [1.807, 2.05) is 4.90 Å². The largest absolute Gasteiger partial charge is 0.381 e. The number of rotatable bonds is 8. The van der Waals surface area contributed by atoms with Gasteiger partial charge in [0.25, 0.3) is 0 Å². The Bertz CT molecular complexity index is 206. The van der Waals surface area contributed by atoms with Crippen LogP contribution in [0, 0.1) is 5.92 Å². The summed E-state index contributed by atoms with van der Waals surface area (Å²) in [5, 5.41) is 0. The Kier molecular flexibility index (Phi) is 6.46. The highest BCUT2D eigenvalue weighted by Gasteiger charge is 2.29. The first-order valence-corrected chi connectivity index (χ1v) is 6.66. The number of carbonyl (C=O) groups excluding carboxylic acids is 1. The van der Waals surface area contributed by atoms with Crippen LogP contribution in [0.15, 0.2) is 0 Å². The highest BCUT2D eigenvalue weighted by molar-refractivity contribution is 5.80. The molecule has 3 heteroatoms. The monoisotopic (exact) mass is 227 g/mol. The number of nitrogens with zero attached hydrogens (tertiary/aromatic N) is 1. The maximum Gasteiger partial charge on any atom is 0.225 e. The van der Waals surface area contributed by atoms with Crippen LogP contribution in [0.5, 0.6) is 0 Å². The lowest BCUT2D eigenvalue weighted by molar-refractivity contribution is -0.131. The normalized spacial score (nSPS) is 20.8. The van der Waals surface area contributed by atoms with Gasteiger partial charge in [0.05, 0.1) is 0 Å². The van der Waals surface area contributed by atoms with E-state index in [4.69, 9.17) is 4.74 Å². The average Bonchev–Trinajstić information content (AvgIpc) is 2.65. The molecule has 1 unspecified atom stereocenters. The van der Waals surface area contributed by atoms with Gasteiger partial charge in [-0.25, -0.2) is 0 Å². The van der Waals surface area contributed by atoms with E-state index in [0.29, 0.717) is 11.8 Å². The van der Waals surface area contributed by atoms with Crippen molar-refractivity contribution in [3.8, 4) is 0 Å². The number of unbranched alkanes of at least 4 members (excludes halogenated alkanes) is 1. The Labute approximate surface area is 99.1 Å². The van der Waals surface area contributed by atoms with Crippen LogP contribution in [0.1, 0.15) is 46.0 Å². The minimum atomic E-state index is 0.293. The molecule has 1 atom stereocenters. The molecule has 1 heterocycles. The first kappa shape index (κ1) is 13.5. The number of amides is 1. The summed E-state index contributed by atoms with van der Waals surface area (Å²) in [6.07, 6.45) is 5.34. The van der Waals surface area contributed by atoms with Crippen molar-refractivity contribution < 1.29 is 9.53 Å². The Morgan fingerprint density at radius 3 is 2.69 bits per heavy atom. The highest BCUT2D eigenvalue weighted by atomic mass is 16.5. The molecule has 0 aromatic heterocycles. The molecule has 0 radical (unpaired) electrons. The van der Waals surface area contributed by atoms with Crippen LogP contribution in [0.3, 0.4) is 0 Å². The summed E-state index contributed by atoms with van der Waals surface area (Å²) in [5.41, 5.74) is 0. The summed E-state index contributed by atoms with van der Waals surface area (Å²) in [6.45, 7) is 7.74. The van der Waals surface area contributed by atoms with Crippen molar-refractivity contribution in [3.05, 3.63) is 0 Å². The molecular formula is C13H25NO2.